The van der Waals surface area contributed by atoms with Crippen molar-refractivity contribution in [3.05, 3.63) is 94.2 Å². The largest absolute Gasteiger partial charge is 0.385 e. The van der Waals surface area contributed by atoms with Crippen LogP contribution in [0.4, 0.5) is 0 Å². The lowest BCUT2D eigenvalue weighted by atomic mass is 9.96. The van der Waals surface area contributed by atoms with Gasteiger partial charge in [0, 0.05) is 51.7 Å². The second-order valence-corrected chi connectivity index (χ2v) is 11.8. The summed E-state index contributed by atoms with van der Waals surface area (Å²) in [5, 5.41) is 0. The standard InChI is InChI=1S/C34H40N6O3/c1-23-10-15-31-29(19-23)37-34(42)40(31)27-13-11-24(12-14-27)20-26(35)21-32(41)38-16-5-7-25(22-38)33-36-28-8-3-4-9-30(28)39(33)17-6-18-43-2/h3-4,8-15,19,25-26H,5-7,16-18,20-22,35H2,1-2H3,(H,37,42)/t25-,26-/m1/s1. The maximum atomic E-state index is 13.4. The van der Waals surface area contributed by atoms with E-state index in [2.05, 4.69) is 27.8 Å². The molecule has 1 fully saturated rings. The van der Waals surface area contributed by atoms with Crippen molar-refractivity contribution in [2.24, 2.45) is 5.73 Å². The first-order valence-corrected chi connectivity index (χ1v) is 15.2. The Morgan fingerprint density at radius 2 is 1.93 bits per heavy atom. The third-order valence-corrected chi connectivity index (χ3v) is 8.52. The number of piperidine rings is 1. The van der Waals surface area contributed by atoms with E-state index in [0.717, 1.165) is 77.1 Å². The number of H-pyrrole nitrogens is 1. The zero-order chi connectivity index (χ0) is 29.9. The van der Waals surface area contributed by atoms with Gasteiger partial charge in [0.2, 0.25) is 5.91 Å². The molecule has 1 aliphatic rings. The van der Waals surface area contributed by atoms with Gasteiger partial charge in [0.15, 0.2) is 0 Å². The summed E-state index contributed by atoms with van der Waals surface area (Å²) in [5.41, 5.74) is 13.1. The van der Waals surface area contributed by atoms with Gasteiger partial charge >= 0.3 is 5.69 Å². The van der Waals surface area contributed by atoms with Crippen molar-refractivity contribution in [1.82, 2.24) is 24.0 Å². The third-order valence-electron chi connectivity index (χ3n) is 8.52. The number of hydrogen-bond acceptors (Lipinski definition) is 5. The maximum Gasteiger partial charge on any atom is 0.331 e. The third kappa shape index (κ3) is 6.14. The number of ether oxygens (including phenoxy) is 1. The van der Waals surface area contributed by atoms with Crippen LogP contribution in [0.5, 0.6) is 0 Å². The van der Waals surface area contributed by atoms with Crippen LogP contribution in [0.15, 0.2) is 71.5 Å². The zero-order valence-corrected chi connectivity index (χ0v) is 25.0. The van der Waals surface area contributed by atoms with Gasteiger partial charge in [-0.05, 0) is 80.1 Å². The van der Waals surface area contributed by atoms with E-state index < -0.39 is 0 Å². The molecule has 1 amide bonds. The molecule has 3 heterocycles. The molecular formula is C34H40N6O3. The number of aryl methyl sites for hydroxylation is 2. The van der Waals surface area contributed by atoms with E-state index >= 15 is 0 Å². The van der Waals surface area contributed by atoms with Crippen LogP contribution < -0.4 is 11.4 Å². The van der Waals surface area contributed by atoms with E-state index in [1.54, 1.807) is 11.7 Å². The number of likely N-dealkylation sites (tertiary alicyclic amines) is 1. The van der Waals surface area contributed by atoms with Crippen molar-refractivity contribution < 1.29 is 9.53 Å². The highest BCUT2D eigenvalue weighted by atomic mass is 16.5. The van der Waals surface area contributed by atoms with Gasteiger partial charge in [-0.2, -0.15) is 0 Å². The number of amides is 1. The van der Waals surface area contributed by atoms with Crippen molar-refractivity contribution in [2.45, 2.75) is 57.5 Å². The molecular weight excluding hydrogens is 540 g/mol. The lowest BCUT2D eigenvalue weighted by molar-refractivity contribution is -0.132. The quantitative estimate of drug-likeness (QED) is 0.233. The van der Waals surface area contributed by atoms with Gasteiger partial charge in [-0.25, -0.2) is 9.78 Å². The summed E-state index contributed by atoms with van der Waals surface area (Å²) in [6, 6.07) is 21.7. The van der Waals surface area contributed by atoms with E-state index in [9.17, 15) is 9.59 Å². The molecule has 0 spiro atoms. The van der Waals surface area contributed by atoms with E-state index in [1.807, 2.05) is 60.4 Å². The van der Waals surface area contributed by atoms with Gasteiger partial charge in [-0.3, -0.25) is 9.36 Å². The van der Waals surface area contributed by atoms with Crippen molar-refractivity contribution in [3.63, 3.8) is 0 Å². The van der Waals surface area contributed by atoms with E-state index in [4.69, 9.17) is 15.5 Å². The summed E-state index contributed by atoms with van der Waals surface area (Å²) >= 11 is 0. The molecule has 9 heteroatoms. The second kappa shape index (κ2) is 12.6. The normalized spacial score (nSPS) is 16.3. The lowest BCUT2D eigenvalue weighted by Gasteiger charge is -2.33. The van der Waals surface area contributed by atoms with E-state index in [-0.39, 0.29) is 23.6 Å². The summed E-state index contributed by atoms with van der Waals surface area (Å²) in [4.78, 5) is 36.0. The van der Waals surface area contributed by atoms with Crippen molar-refractivity contribution in [3.8, 4) is 5.69 Å². The fourth-order valence-corrected chi connectivity index (χ4v) is 6.41. The van der Waals surface area contributed by atoms with Crippen molar-refractivity contribution >= 4 is 28.0 Å². The van der Waals surface area contributed by atoms with Crippen LogP contribution in [0.2, 0.25) is 0 Å². The number of hydrogen-bond donors (Lipinski definition) is 2. The van der Waals surface area contributed by atoms with Crippen LogP contribution in [-0.2, 0) is 22.5 Å². The van der Waals surface area contributed by atoms with E-state index in [1.165, 1.54) is 0 Å². The van der Waals surface area contributed by atoms with Crippen LogP contribution in [-0.4, -0.2) is 62.8 Å². The first-order chi connectivity index (χ1) is 20.9. The van der Waals surface area contributed by atoms with Crippen LogP contribution >= 0.6 is 0 Å². The molecule has 2 aromatic heterocycles. The fraction of sp³-hybridized carbons (Fsp3) is 0.382. The minimum absolute atomic E-state index is 0.0940. The number of imidazole rings is 2. The Morgan fingerprint density at radius 1 is 1.12 bits per heavy atom. The van der Waals surface area contributed by atoms with Gasteiger partial charge < -0.3 is 24.9 Å². The van der Waals surface area contributed by atoms with Crippen molar-refractivity contribution in [1.29, 1.82) is 0 Å². The van der Waals surface area contributed by atoms with Crippen LogP contribution in [0.3, 0.4) is 0 Å². The van der Waals surface area contributed by atoms with Crippen molar-refractivity contribution in [2.75, 3.05) is 26.8 Å². The van der Waals surface area contributed by atoms with Gasteiger partial charge in [-0.15, -0.1) is 0 Å². The van der Waals surface area contributed by atoms with Gasteiger partial charge in [0.1, 0.15) is 5.82 Å². The molecule has 0 aliphatic carbocycles. The number of nitrogens with zero attached hydrogens (tertiary/aromatic N) is 4. The van der Waals surface area contributed by atoms with Crippen LogP contribution in [0.1, 0.15) is 48.6 Å². The van der Waals surface area contributed by atoms with Crippen LogP contribution in [0.25, 0.3) is 27.8 Å². The zero-order valence-electron chi connectivity index (χ0n) is 25.0. The average molecular weight is 581 g/mol. The number of carbonyl (C=O) groups excluding carboxylic acids is 1. The number of methoxy groups -OCH3 is 1. The number of benzene rings is 3. The summed E-state index contributed by atoms with van der Waals surface area (Å²) < 4.78 is 9.29. The minimum atomic E-state index is -0.295. The molecule has 5 aromatic rings. The minimum Gasteiger partial charge on any atom is -0.385 e. The number of aromatic amines is 1. The first kappa shape index (κ1) is 28.9. The summed E-state index contributed by atoms with van der Waals surface area (Å²) in [6.45, 7) is 4.95. The number of carbonyl (C=O) groups is 1. The number of nitrogens with two attached hydrogens (primary N) is 1. The highest BCUT2D eigenvalue weighted by molar-refractivity contribution is 5.79. The van der Waals surface area contributed by atoms with E-state index in [0.29, 0.717) is 26.0 Å². The SMILES string of the molecule is COCCCn1c([C@@H]2CCCN(C(=O)C[C@H](N)Cc3ccc(-n4c(=O)[nH]c5cc(C)ccc54)cc3)C2)nc2ccccc21. The molecule has 2 atom stereocenters. The highest BCUT2D eigenvalue weighted by Gasteiger charge is 2.29. The van der Waals surface area contributed by atoms with Gasteiger partial charge in [0.25, 0.3) is 0 Å². The topological polar surface area (TPSA) is 111 Å². The monoisotopic (exact) mass is 580 g/mol. The number of fused-ring (bicyclic) bond motifs is 2. The molecule has 0 bridgehead atoms. The Labute approximate surface area is 251 Å². The highest BCUT2D eigenvalue weighted by Crippen LogP contribution is 2.30. The summed E-state index contributed by atoms with van der Waals surface area (Å²) in [7, 11) is 1.73. The van der Waals surface area contributed by atoms with Gasteiger partial charge in [-0.1, -0.05) is 30.3 Å². The van der Waals surface area contributed by atoms with Crippen LogP contribution in [0, 0.1) is 6.92 Å². The molecule has 0 unspecified atom stereocenters. The molecule has 0 saturated carbocycles. The smallest absolute Gasteiger partial charge is 0.331 e. The number of rotatable bonds is 10. The fourth-order valence-electron chi connectivity index (χ4n) is 6.41. The average Bonchev–Trinajstić information content (AvgIpc) is 3.54. The molecule has 0 radical (unpaired) electrons. The molecule has 1 saturated heterocycles. The molecule has 6 rings (SSSR count). The Hall–Kier alpha value is -4.21. The number of aromatic nitrogens is 4. The Bertz CT molecular complexity index is 1780. The number of para-hydroxylation sites is 2. The summed E-state index contributed by atoms with van der Waals surface area (Å²) in [6.07, 6.45) is 3.74. The predicted molar refractivity (Wildman–Crippen MR) is 170 cm³/mol. The molecule has 9 nitrogen and oxygen atoms in total. The predicted octanol–water partition coefficient (Wildman–Crippen LogP) is 4.68. The summed E-state index contributed by atoms with van der Waals surface area (Å²) in [5.74, 6) is 1.34. The second-order valence-electron chi connectivity index (χ2n) is 11.8. The molecule has 3 aromatic carbocycles. The first-order valence-electron chi connectivity index (χ1n) is 15.2. The molecule has 224 valence electrons. The Balaban J connectivity index is 1.10. The number of nitrogens with one attached hydrogen (secondary N) is 1. The Kier molecular flexibility index (Phi) is 8.44. The van der Waals surface area contributed by atoms with Gasteiger partial charge in [0.05, 0.1) is 27.8 Å². The molecule has 43 heavy (non-hydrogen) atoms. The molecule has 3 N–H and O–H groups in total. The lowest BCUT2D eigenvalue weighted by Crippen LogP contribution is -2.42. The maximum absolute atomic E-state index is 13.4. The Morgan fingerprint density at radius 3 is 2.74 bits per heavy atom. The molecule has 1 aliphatic heterocycles.